The number of benzene rings is 1. The van der Waals surface area contributed by atoms with Crippen molar-refractivity contribution >= 4 is 0 Å². The molecule has 0 saturated heterocycles. The minimum atomic E-state index is -0.394. The SMILES string of the molecule is C=CCCCN(C)CC(O)c1ccccc1. The first-order valence-electron chi connectivity index (χ1n) is 5.76. The number of hydrogen-bond donors (Lipinski definition) is 1. The van der Waals surface area contributed by atoms with Crippen molar-refractivity contribution < 1.29 is 5.11 Å². The Kier molecular flexibility index (Phi) is 5.83. The van der Waals surface area contributed by atoms with Crippen LogP contribution < -0.4 is 0 Å². The van der Waals surface area contributed by atoms with E-state index in [1.807, 2.05) is 43.5 Å². The van der Waals surface area contributed by atoms with Gasteiger partial charge < -0.3 is 10.0 Å². The predicted octanol–water partition coefficient (Wildman–Crippen LogP) is 2.62. The molecule has 2 nitrogen and oxygen atoms in total. The van der Waals surface area contributed by atoms with E-state index in [4.69, 9.17) is 0 Å². The third kappa shape index (κ3) is 4.60. The van der Waals surface area contributed by atoms with E-state index in [1.165, 1.54) is 0 Å². The topological polar surface area (TPSA) is 23.5 Å². The maximum Gasteiger partial charge on any atom is 0.0916 e. The summed E-state index contributed by atoms with van der Waals surface area (Å²) < 4.78 is 0. The molecule has 1 unspecified atom stereocenters. The van der Waals surface area contributed by atoms with Gasteiger partial charge in [0.2, 0.25) is 0 Å². The Labute approximate surface area is 98.2 Å². The van der Waals surface area contributed by atoms with Crippen molar-refractivity contribution in [2.75, 3.05) is 20.1 Å². The highest BCUT2D eigenvalue weighted by Gasteiger charge is 2.09. The average Bonchev–Trinajstić information content (AvgIpc) is 2.30. The van der Waals surface area contributed by atoms with Crippen molar-refractivity contribution in [3.63, 3.8) is 0 Å². The molecule has 0 spiro atoms. The van der Waals surface area contributed by atoms with Gasteiger partial charge in [0.25, 0.3) is 0 Å². The maximum atomic E-state index is 9.99. The van der Waals surface area contributed by atoms with Gasteiger partial charge in [0.15, 0.2) is 0 Å². The number of allylic oxidation sites excluding steroid dienone is 1. The predicted molar refractivity (Wildman–Crippen MR) is 68.3 cm³/mol. The molecule has 0 fully saturated rings. The van der Waals surface area contributed by atoms with Crippen molar-refractivity contribution in [2.45, 2.75) is 18.9 Å². The molecule has 16 heavy (non-hydrogen) atoms. The zero-order valence-corrected chi connectivity index (χ0v) is 9.97. The van der Waals surface area contributed by atoms with Crippen LogP contribution in [0.15, 0.2) is 43.0 Å². The lowest BCUT2D eigenvalue weighted by Crippen LogP contribution is -2.25. The molecule has 1 aromatic carbocycles. The Morgan fingerprint density at radius 1 is 1.38 bits per heavy atom. The third-order valence-corrected chi connectivity index (χ3v) is 2.62. The number of rotatable bonds is 7. The summed E-state index contributed by atoms with van der Waals surface area (Å²) in [6.07, 6.45) is 3.67. The Balaban J connectivity index is 2.33. The van der Waals surface area contributed by atoms with E-state index in [0.717, 1.165) is 24.9 Å². The van der Waals surface area contributed by atoms with Gasteiger partial charge in [-0.3, -0.25) is 0 Å². The molecule has 2 heteroatoms. The summed E-state index contributed by atoms with van der Waals surface area (Å²) in [5.74, 6) is 0. The first-order chi connectivity index (χ1) is 7.74. The van der Waals surface area contributed by atoms with E-state index in [-0.39, 0.29) is 0 Å². The number of unbranched alkanes of at least 4 members (excludes halogenated alkanes) is 1. The van der Waals surface area contributed by atoms with Gasteiger partial charge in [0.1, 0.15) is 0 Å². The van der Waals surface area contributed by atoms with Gasteiger partial charge in [0, 0.05) is 6.54 Å². The Hall–Kier alpha value is -1.12. The van der Waals surface area contributed by atoms with Crippen LogP contribution in [0.25, 0.3) is 0 Å². The number of hydrogen-bond acceptors (Lipinski definition) is 2. The highest BCUT2D eigenvalue weighted by Crippen LogP contribution is 2.13. The van der Waals surface area contributed by atoms with E-state index < -0.39 is 6.10 Å². The third-order valence-electron chi connectivity index (χ3n) is 2.62. The molecule has 1 atom stereocenters. The zero-order valence-electron chi connectivity index (χ0n) is 9.97. The Bertz CT molecular complexity index is 297. The van der Waals surface area contributed by atoms with E-state index in [0.29, 0.717) is 6.54 Å². The molecule has 1 N–H and O–H groups in total. The molecule has 0 aliphatic rings. The van der Waals surface area contributed by atoms with Crippen LogP contribution in [-0.2, 0) is 0 Å². The number of aliphatic hydroxyl groups is 1. The number of likely N-dealkylation sites (N-methyl/N-ethyl adjacent to an activating group) is 1. The van der Waals surface area contributed by atoms with Crippen molar-refractivity contribution in [3.05, 3.63) is 48.6 Å². The zero-order chi connectivity index (χ0) is 11.8. The summed E-state index contributed by atoms with van der Waals surface area (Å²) in [5.41, 5.74) is 0.984. The fourth-order valence-corrected chi connectivity index (χ4v) is 1.67. The molecule has 0 aliphatic carbocycles. The van der Waals surface area contributed by atoms with Gasteiger partial charge in [-0.15, -0.1) is 6.58 Å². The van der Waals surface area contributed by atoms with E-state index >= 15 is 0 Å². The Morgan fingerprint density at radius 2 is 2.06 bits per heavy atom. The standard InChI is InChI=1S/C14H21NO/c1-3-4-8-11-15(2)12-14(16)13-9-6-5-7-10-13/h3,5-7,9-10,14,16H,1,4,8,11-12H2,2H3. The Morgan fingerprint density at radius 3 is 2.69 bits per heavy atom. The van der Waals surface area contributed by atoms with Crippen LogP contribution in [0.1, 0.15) is 24.5 Å². The maximum absolute atomic E-state index is 9.99. The van der Waals surface area contributed by atoms with E-state index in [9.17, 15) is 5.11 Å². The molecular formula is C14H21NO. The van der Waals surface area contributed by atoms with Crippen LogP contribution in [0.3, 0.4) is 0 Å². The fraction of sp³-hybridized carbons (Fsp3) is 0.429. The van der Waals surface area contributed by atoms with Crippen LogP contribution in [0.5, 0.6) is 0 Å². The molecule has 0 aromatic heterocycles. The summed E-state index contributed by atoms with van der Waals surface area (Å²) >= 11 is 0. The molecule has 0 saturated carbocycles. The van der Waals surface area contributed by atoms with Gasteiger partial charge in [-0.05, 0) is 32.0 Å². The lowest BCUT2D eigenvalue weighted by atomic mass is 10.1. The van der Waals surface area contributed by atoms with E-state index in [1.54, 1.807) is 0 Å². The molecule has 0 aliphatic heterocycles. The molecular weight excluding hydrogens is 198 g/mol. The first-order valence-corrected chi connectivity index (χ1v) is 5.76. The molecule has 0 heterocycles. The second-order valence-electron chi connectivity index (χ2n) is 4.12. The lowest BCUT2D eigenvalue weighted by molar-refractivity contribution is 0.126. The summed E-state index contributed by atoms with van der Waals surface area (Å²) in [6, 6.07) is 9.79. The van der Waals surface area contributed by atoms with Gasteiger partial charge in [-0.2, -0.15) is 0 Å². The molecule has 0 radical (unpaired) electrons. The monoisotopic (exact) mass is 219 g/mol. The van der Waals surface area contributed by atoms with Crippen LogP contribution in [0.4, 0.5) is 0 Å². The van der Waals surface area contributed by atoms with Crippen molar-refractivity contribution in [3.8, 4) is 0 Å². The quantitative estimate of drug-likeness (QED) is 0.563. The molecule has 1 rings (SSSR count). The largest absolute Gasteiger partial charge is 0.387 e. The van der Waals surface area contributed by atoms with Gasteiger partial charge in [0.05, 0.1) is 6.10 Å². The highest BCUT2D eigenvalue weighted by molar-refractivity contribution is 5.17. The summed E-state index contributed by atoms with van der Waals surface area (Å²) in [6.45, 7) is 5.38. The lowest BCUT2D eigenvalue weighted by Gasteiger charge is -2.20. The summed E-state index contributed by atoms with van der Waals surface area (Å²) in [5, 5.41) is 9.99. The van der Waals surface area contributed by atoms with Crippen LogP contribution in [-0.4, -0.2) is 30.1 Å². The van der Waals surface area contributed by atoms with Crippen LogP contribution in [0.2, 0.25) is 0 Å². The van der Waals surface area contributed by atoms with E-state index in [2.05, 4.69) is 11.5 Å². The summed E-state index contributed by atoms with van der Waals surface area (Å²) in [7, 11) is 2.04. The minimum absolute atomic E-state index is 0.394. The van der Waals surface area contributed by atoms with Crippen LogP contribution in [0, 0.1) is 0 Å². The summed E-state index contributed by atoms with van der Waals surface area (Å²) in [4.78, 5) is 2.15. The van der Waals surface area contributed by atoms with Gasteiger partial charge >= 0.3 is 0 Å². The van der Waals surface area contributed by atoms with Gasteiger partial charge in [-0.25, -0.2) is 0 Å². The number of nitrogens with zero attached hydrogens (tertiary/aromatic N) is 1. The first kappa shape index (κ1) is 12.9. The van der Waals surface area contributed by atoms with Crippen molar-refractivity contribution in [2.24, 2.45) is 0 Å². The molecule has 0 bridgehead atoms. The second kappa shape index (κ2) is 7.20. The van der Waals surface area contributed by atoms with Gasteiger partial charge in [-0.1, -0.05) is 36.4 Å². The molecule has 1 aromatic rings. The molecule has 88 valence electrons. The highest BCUT2D eigenvalue weighted by atomic mass is 16.3. The normalized spacial score (nSPS) is 12.7. The molecule has 0 amide bonds. The number of aliphatic hydroxyl groups excluding tert-OH is 1. The second-order valence-corrected chi connectivity index (χ2v) is 4.12. The van der Waals surface area contributed by atoms with Crippen molar-refractivity contribution in [1.82, 2.24) is 4.90 Å². The average molecular weight is 219 g/mol. The van der Waals surface area contributed by atoms with Crippen molar-refractivity contribution in [1.29, 1.82) is 0 Å². The van der Waals surface area contributed by atoms with Crippen LogP contribution >= 0.6 is 0 Å². The smallest absolute Gasteiger partial charge is 0.0916 e. The minimum Gasteiger partial charge on any atom is -0.387 e. The fourth-order valence-electron chi connectivity index (χ4n) is 1.67.